The number of hydrogen-bond acceptors (Lipinski definition) is 5. The molecule has 4 aromatic rings. The summed E-state index contributed by atoms with van der Waals surface area (Å²) in [6, 6.07) is 9.23. The molecule has 0 unspecified atom stereocenters. The second-order valence-corrected chi connectivity index (χ2v) is 6.54. The molecule has 3 aromatic heterocycles. The second-order valence-electron chi connectivity index (χ2n) is 6.54. The fraction of sp³-hybridized carbons (Fsp3) is 0.211. The lowest BCUT2D eigenvalue weighted by Crippen LogP contribution is -2.28. The first-order valence-electron chi connectivity index (χ1n) is 8.60. The van der Waals surface area contributed by atoms with Gasteiger partial charge in [-0.05, 0) is 32.0 Å². The van der Waals surface area contributed by atoms with Crippen molar-refractivity contribution in [1.29, 1.82) is 0 Å². The van der Waals surface area contributed by atoms with Crippen LogP contribution in [0.15, 0.2) is 53.7 Å². The summed E-state index contributed by atoms with van der Waals surface area (Å²) in [7, 11) is 0. The van der Waals surface area contributed by atoms with Gasteiger partial charge in [0.05, 0.1) is 35.3 Å². The van der Waals surface area contributed by atoms with E-state index in [-0.39, 0.29) is 24.1 Å². The SMILES string of the molecule is CC(C)n1ncc2cc(NC(=O)Cn3c(=O)cnc4ccccc43)cnc21. The fourth-order valence-corrected chi connectivity index (χ4v) is 3.01. The molecule has 136 valence electrons. The number of rotatable bonds is 4. The van der Waals surface area contributed by atoms with E-state index in [4.69, 9.17) is 0 Å². The zero-order chi connectivity index (χ0) is 19.0. The molecule has 0 fully saturated rings. The summed E-state index contributed by atoms with van der Waals surface area (Å²) in [6.45, 7) is 3.95. The summed E-state index contributed by atoms with van der Waals surface area (Å²) < 4.78 is 3.23. The summed E-state index contributed by atoms with van der Waals surface area (Å²) in [6.07, 6.45) is 4.54. The number of anilines is 1. The Morgan fingerprint density at radius 1 is 1.15 bits per heavy atom. The third-order valence-electron chi connectivity index (χ3n) is 4.26. The van der Waals surface area contributed by atoms with E-state index in [2.05, 4.69) is 20.4 Å². The molecule has 27 heavy (non-hydrogen) atoms. The molecule has 1 N–H and O–H groups in total. The number of hydrogen-bond donors (Lipinski definition) is 1. The molecular weight excluding hydrogens is 344 g/mol. The van der Waals surface area contributed by atoms with Gasteiger partial charge in [0.2, 0.25) is 5.91 Å². The molecule has 0 saturated heterocycles. The Morgan fingerprint density at radius 2 is 1.96 bits per heavy atom. The highest BCUT2D eigenvalue weighted by molar-refractivity contribution is 5.93. The minimum absolute atomic E-state index is 0.106. The van der Waals surface area contributed by atoms with Gasteiger partial charge in [0.25, 0.3) is 5.56 Å². The van der Waals surface area contributed by atoms with Gasteiger partial charge in [-0.1, -0.05) is 12.1 Å². The van der Waals surface area contributed by atoms with Crippen LogP contribution in [0.5, 0.6) is 0 Å². The maximum atomic E-state index is 12.5. The van der Waals surface area contributed by atoms with Crippen LogP contribution < -0.4 is 10.9 Å². The Bertz CT molecular complexity index is 1210. The highest BCUT2D eigenvalue weighted by Crippen LogP contribution is 2.19. The van der Waals surface area contributed by atoms with Crippen molar-refractivity contribution >= 4 is 33.7 Å². The molecule has 0 radical (unpaired) electrons. The Balaban J connectivity index is 1.59. The average Bonchev–Trinajstić information content (AvgIpc) is 3.07. The third kappa shape index (κ3) is 3.17. The van der Waals surface area contributed by atoms with E-state index < -0.39 is 0 Å². The summed E-state index contributed by atoms with van der Waals surface area (Å²) >= 11 is 0. The van der Waals surface area contributed by atoms with Gasteiger partial charge in [0, 0.05) is 11.4 Å². The van der Waals surface area contributed by atoms with Crippen molar-refractivity contribution < 1.29 is 4.79 Å². The van der Waals surface area contributed by atoms with E-state index in [0.29, 0.717) is 16.7 Å². The molecule has 1 amide bonds. The van der Waals surface area contributed by atoms with Gasteiger partial charge in [-0.3, -0.25) is 14.2 Å². The molecule has 1 aromatic carbocycles. The lowest BCUT2D eigenvalue weighted by atomic mass is 10.3. The van der Waals surface area contributed by atoms with Crippen LogP contribution in [-0.4, -0.2) is 30.2 Å². The minimum Gasteiger partial charge on any atom is -0.323 e. The van der Waals surface area contributed by atoms with Crippen LogP contribution in [0.1, 0.15) is 19.9 Å². The first-order chi connectivity index (χ1) is 13.0. The third-order valence-corrected chi connectivity index (χ3v) is 4.26. The number of carbonyl (C=O) groups is 1. The number of para-hydroxylation sites is 2. The summed E-state index contributed by atoms with van der Waals surface area (Å²) in [4.78, 5) is 33.1. The zero-order valence-electron chi connectivity index (χ0n) is 15.0. The van der Waals surface area contributed by atoms with Crippen molar-refractivity contribution in [2.75, 3.05) is 5.32 Å². The topological polar surface area (TPSA) is 94.7 Å². The standard InChI is InChI=1S/C19H18N6O2/c1-12(2)25-19-13(8-22-25)7-14(9-21-19)23-17(26)11-24-16-6-4-3-5-15(16)20-10-18(24)27/h3-10,12H,11H2,1-2H3,(H,23,26). The van der Waals surface area contributed by atoms with Crippen LogP contribution in [0, 0.1) is 0 Å². The van der Waals surface area contributed by atoms with Crippen molar-refractivity contribution in [3.05, 3.63) is 59.3 Å². The molecule has 3 heterocycles. The number of pyridine rings is 1. The molecular formula is C19H18N6O2. The van der Waals surface area contributed by atoms with Crippen LogP contribution in [0.2, 0.25) is 0 Å². The van der Waals surface area contributed by atoms with Gasteiger partial charge in [-0.15, -0.1) is 0 Å². The predicted molar refractivity (Wildman–Crippen MR) is 103 cm³/mol. The highest BCUT2D eigenvalue weighted by atomic mass is 16.2. The minimum atomic E-state index is -0.323. The molecule has 4 rings (SSSR count). The molecule has 0 bridgehead atoms. The zero-order valence-corrected chi connectivity index (χ0v) is 15.0. The van der Waals surface area contributed by atoms with Crippen LogP contribution in [0.4, 0.5) is 5.69 Å². The molecule has 0 atom stereocenters. The van der Waals surface area contributed by atoms with Gasteiger partial charge in [-0.25, -0.2) is 14.6 Å². The lowest BCUT2D eigenvalue weighted by molar-refractivity contribution is -0.116. The van der Waals surface area contributed by atoms with Gasteiger partial charge >= 0.3 is 0 Å². The quantitative estimate of drug-likeness (QED) is 0.601. The monoisotopic (exact) mass is 362 g/mol. The van der Waals surface area contributed by atoms with Gasteiger partial charge in [0.15, 0.2) is 5.65 Å². The summed E-state index contributed by atoms with van der Waals surface area (Å²) in [5.74, 6) is -0.314. The molecule has 8 heteroatoms. The highest BCUT2D eigenvalue weighted by Gasteiger charge is 2.11. The van der Waals surface area contributed by atoms with Crippen molar-refractivity contribution in [1.82, 2.24) is 24.3 Å². The van der Waals surface area contributed by atoms with Crippen LogP contribution >= 0.6 is 0 Å². The molecule has 8 nitrogen and oxygen atoms in total. The first kappa shape index (κ1) is 16.9. The van der Waals surface area contributed by atoms with E-state index >= 15 is 0 Å². The van der Waals surface area contributed by atoms with E-state index in [0.717, 1.165) is 11.0 Å². The lowest BCUT2D eigenvalue weighted by Gasteiger charge is -2.10. The normalized spacial score (nSPS) is 11.4. The van der Waals surface area contributed by atoms with E-state index in [1.165, 1.54) is 10.8 Å². The molecule has 0 aliphatic carbocycles. The number of fused-ring (bicyclic) bond motifs is 2. The van der Waals surface area contributed by atoms with E-state index in [9.17, 15) is 9.59 Å². The van der Waals surface area contributed by atoms with Crippen molar-refractivity contribution in [3.63, 3.8) is 0 Å². The smallest absolute Gasteiger partial charge is 0.269 e. The summed E-state index contributed by atoms with van der Waals surface area (Å²) in [5, 5.41) is 7.95. The van der Waals surface area contributed by atoms with E-state index in [1.54, 1.807) is 24.5 Å². The van der Waals surface area contributed by atoms with Gasteiger partial charge in [-0.2, -0.15) is 5.10 Å². The Morgan fingerprint density at radius 3 is 2.78 bits per heavy atom. The average molecular weight is 362 g/mol. The molecule has 0 aliphatic rings. The number of nitrogens with one attached hydrogen (secondary N) is 1. The molecule has 0 spiro atoms. The molecule has 0 aliphatic heterocycles. The van der Waals surface area contributed by atoms with Gasteiger partial charge < -0.3 is 5.32 Å². The number of nitrogens with zero attached hydrogens (tertiary/aromatic N) is 5. The van der Waals surface area contributed by atoms with Crippen LogP contribution in [0.25, 0.3) is 22.1 Å². The van der Waals surface area contributed by atoms with Gasteiger partial charge in [0.1, 0.15) is 6.54 Å². The number of amides is 1. The van der Waals surface area contributed by atoms with Crippen LogP contribution in [0.3, 0.4) is 0 Å². The van der Waals surface area contributed by atoms with Crippen molar-refractivity contribution in [3.8, 4) is 0 Å². The predicted octanol–water partition coefficient (Wildman–Crippen LogP) is 2.36. The maximum Gasteiger partial charge on any atom is 0.269 e. The second kappa shape index (κ2) is 6.64. The molecule has 0 saturated carbocycles. The Kier molecular flexibility index (Phi) is 4.15. The van der Waals surface area contributed by atoms with E-state index in [1.807, 2.05) is 36.7 Å². The Hall–Kier alpha value is -3.55. The van der Waals surface area contributed by atoms with Crippen molar-refractivity contribution in [2.24, 2.45) is 0 Å². The summed E-state index contributed by atoms with van der Waals surface area (Å²) in [5.41, 5.74) is 2.28. The fourth-order valence-electron chi connectivity index (χ4n) is 3.01. The maximum absolute atomic E-state index is 12.5. The van der Waals surface area contributed by atoms with Crippen molar-refractivity contribution in [2.45, 2.75) is 26.4 Å². The largest absolute Gasteiger partial charge is 0.323 e. The number of benzene rings is 1. The first-order valence-corrected chi connectivity index (χ1v) is 8.60. The van der Waals surface area contributed by atoms with Crippen LogP contribution in [-0.2, 0) is 11.3 Å². The number of carbonyl (C=O) groups excluding carboxylic acids is 1. The Labute approximate surface area is 154 Å². The number of aromatic nitrogens is 5.